The Bertz CT molecular complexity index is 655. The minimum atomic E-state index is 0.0406. The number of rotatable bonds is 6. The summed E-state index contributed by atoms with van der Waals surface area (Å²) in [4.78, 5) is 22.6. The molecule has 3 N–H and O–H groups in total. The number of nitrogens with two attached hydrogens (primary N) is 1. The maximum Gasteiger partial charge on any atom is 0.221 e. The second kappa shape index (κ2) is 7.52. The van der Waals surface area contributed by atoms with Crippen molar-refractivity contribution in [2.75, 3.05) is 19.6 Å². The number of nitrogens with zero attached hydrogens (tertiary/aromatic N) is 4. The van der Waals surface area contributed by atoms with Crippen LogP contribution in [-0.4, -0.2) is 50.9 Å². The average molecular weight is 316 g/mol. The highest BCUT2D eigenvalue weighted by molar-refractivity contribution is 5.76. The van der Waals surface area contributed by atoms with Crippen molar-refractivity contribution in [3.8, 4) is 0 Å². The van der Waals surface area contributed by atoms with E-state index < -0.39 is 0 Å². The second-order valence-electron chi connectivity index (χ2n) is 6.02. The van der Waals surface area contributed by atoms with Gasteiger partial charge in [-0.3, -0.25) is 19.1 Å². The van der Waals surface area contributed by atoms with Gasteiger partial charge in [0.1, 0.15) is 0 Å². The minimum Gasteiger partial charge on any atom is -0.354 e. The molecule has 3 heterocycles. The zero-order valence-electron chi connectivity index (χ0n) is 13.3. The van der Waals surface area contributed by atoms with Crippen LogP contribution in [0.1, 0.15) is 31.4 Å². The molecule has 1 atom stereocenters. The standard InChI is InChI=1S/C16H24N6O/c17-5-4-16(23)20-9-13-3-1-2-7-21(13)12-14-10-19-15-11-18-6-8-22(14)15/h6,8,10-11,13H,1-5,7,9,12,17H2,(H,20,23). The van der Waals surface area contributed by atoms with Crippen LogP contribution in [0.4, 0.5) is 0 Å². The molecule has 124 valence electrons. The molecule has 7 nitrogen and oxygen atoms in total. The molecule has 1 saturated heterocycles. The van der Waals surface area contributed by atoms with E-state index in [4.69, 9.17) is 5.73 Å². The summed E-state index contributed by atoms with van der Waals surface area (Å²) in [6.45, 7) is 2.98. The van der Waals surface area contributed by atoms with E-state index in [0.717, 1.165) is 30.9 Å². The predicted octanol–water partition coefficient (Wildman–Crippen LogP) is 0.549. The Labute approximate surface area is 135 Å². The van der Waals surface area contributed by atoms with E-state index in [-0.39, 0.29) is 5.91 Å². The third-order valence-electron chi connectivity index (χ3n) is 4.41. The summed E-state index contributed by atoms with van der Waals surface area (Å²) in [5, 5.41) is 3.01. The van der Waals surface area contributed by atoms with E-state index in [1.165, 1.54) is 12.8 Å². The molecule has 2 aromatic rings. The lowest BCUT2D eigenvalue weighted by atomic mass is 10.0. The number of hydrogen-bond donors (Lipinski definition) is 2. The topological polar surface area (TPSA) is 88.5 Å². The fourth-order valence-electron chi connectivity index (χ4n) is 3.17. The molecule has 1 amide bonds. The van der Waals surface area contributed by atoms with Crippen LogP contribution in [0.15, 0.2) is 24.8 Å². The summed E-state index contributed by atoms with van der Waals surface area (Å²) >= 11 is 0. The maximum absolute atomic E-state index is 11.7. The number of fused-ring (bicyclic) bond motifs is 1. The Balaban J connectivity index is 1.65. The molecule has 1 unspecified atom stereocenters. The van der Waals surface area contributed by atoms with Crippen LogP contribution in [0, 0.1) is 0 Å². The molecule has 1 aliphatic rings. The van der Waals surface area contributed by atoms with Crippen LogP contribution in [0.5, 0.6) is 0 Å². The zero-order chi connectivity index (χ0) is 16.1. The smallest absolute Gasteiger partial charge is 0.221 e. The molecule has 2 aromatic heterocycles. The highest BCUT2D eigenvalue weighted by atomic mass is 16.1. The minimum absolute atomic E-state index is 0.0406. The summed E-state index contributed by atoms with van der Waals surface area (Å²) < 4.78 is 2.08. The van der Waals surface area contributed by atoms with Crippen molar-refractivity contribution in [3.05, 3.63) is 30.5 Å². The number of carbonyl (C=O) groups excluding carboxylic acids is 1. The molecule has 0 aliphatic carbocycles. The summed E-state index contributed by atoms with van der Waals surface area (Å²) in [7, 11) is 0. The molecular weight excluding hydrogens is 292 g/mol. The normalized spacial score (nSPS) is 19.1. The summed E-state index contributed by atoms with van der Waals surface area (Å²) in [5.74, 6) is 0.0406. The fraction of sp³-hybridized carbons (Fsp3) is 0.562. The SMILES string of the molecule is NCCC(=O)NCC1CCCCN1Cc1cnc2cnccn12. The predicted molar refractivity (Wildman–Crippen MR) is 87.7 cm³/mol. The van der Waals surface area contributed by atoms with E-state index in [1.54, 1.807) is 12.4 Å². The van der Waals surface area contributed by atoms with Gasteiger partial charge in [0.05, 0.1) is 18.1 Å². The van der Waals surface area contributed by atoms with Crippen LogP contribution in [-0.2, 0) is 11.3 Å². The Morgan fingerprint density at radius 2 is 2.30 bits per heavy atom. The van der Waals surface area contributed by atoms with Crippen molar-refractivity contribution in [2.24, 2.45) is 5.73 Å². The average Bonchev–Trinajstić information content (AvgIpc) is 2.98. The van der Waals surface area contributed by atoms with Gasteiger partial charge in [-0.1, -0.05) is 6.42 Å². The van der Waals surface area contributed by atoms with E-state index in [0.29, 0.717) is 25.6 Å². The van der Waals surface area contributed by atoms with Gasteiger partial charge in [0.2, 0.25) is 5.91 Å². The van der Waals surface area contributed by atoms with Crippen molar-refractivity contribution in [3.63, 3.8) is 0 Å². The second-order valence-corrected chi connectivity index (χ2v) is 6.02. The number of imidazole rings is 1. The molecule has 7 heteroatoms. The molecule has 23 heavy (non-hydrogen) atoms. The van der Waals surface area contributed by atoms with E-state index in [9.17, 15) is 4.79 Å². The number of carbonyl (C=O) groups is 1. The monoisotopic (exact) mass is 316 g/mol. The van der Waals surface area contributed by atoms with Gasteiger partial charge in [0, 0.05) is 44.5 Å². The van der Waals surface area contributed by atoms with Crippen LogP contribution < -0.4 is 11.1 Å². The van der Waals surface area contributed by atoms with Gasteiger partial charge < -0.3 is 11.1 Å². The van der Waals surface area contributed by atoms with Gasteiger partial charge in [-0.05, 0) is 19.4 Å². The Hall–Kier alpha value is -1.99. The molecule has 1 fully saturated rings. The van der Waals surface area contributed by atoms with Crippen molar-refractivity contribution < 1.29 is 4.79 Å². The van der Waals surface area contributed by atoms with Crippen LogP contribution in [0.25, 0.3) is 5.65 Å². The van der Waals surface area contributed by atoms with Gasteiger partial charge in [-0.25, -0.2) is 4.98 Å². The summed E-state index contributed by atoms with van der Waals surface area (Å²) in [5.41, 5.74) is 7.45. The first kappa shape index (κ1) is 15.9. The number of aromatic nitrogens is 3. The first-order chi connectivity index (χ1) is 11.3. The molecule has 0 aromatic carbocycles. The molecule has 0 bridgehead atoms. The van der Waals surface area contributed by atoms with Crippen molar-refractivity contribution >= 4 is 11.6 Å². The Morgan fingerprint density at radius 3 is 3.17 bits per heavy atom. The van der Waals surface area contributed by atoms with Crippen LogP contribution >= 0.6 is 0 Å². The number of likely N-dealkylation sites (tertiary alicyclic amines) is 1. The third-order valence-corrected chi connectivity index (χ3v) is 4.41. The molecule has 1 aliphatic heterocycles. The zero-order valence-corrected chi connectivity index (χ0v) is 13.3. The first-order valence-corrected chi connectivity index (χ1v) is 8.24. The summed E-state index contributed by atoms with van der Waals surface area (Å²) in [6, 6.07) is 0.373. The van der Waals surface area contributed by atoms with Gasteiger partial charge in [-0.15, -0.1) is 0 Å². The van der Waals surface area contributed by atoms with Gasteiger partial charge in [0.25, 0.3) is 0 Å². The molecule has 0 radical (unpaired) electrons. The van der Waals surface area contributed by atoms with Crippen LogP contribution in [0.2, 0.25) is 0 Å². The Morgan fingerprint density at radius 1 is 1.39 bits per heavy atom. The van der Waals surface area contributed by atoms with Gasteiger partial charge in [-0.2, -0.15) is 0 Å². The first-order valence-electron chi connectivity index (χ1n) is 8.24. The number of piperidine rings is 1. The highest BCUT2D eigenvalue weighted by Crippen LogP contribution is 2.19. The van der Waals surface area contributed by atoms with E-state index >= 15 is 0 Å². The molecule has 3 rings (SSSR count). The summed E-state index contributed by atoms with van der Waals surface area (Å²) in [6.07, 6.45) is 11.3. The number of hydrogen-bond acceptors (Lipinski definition) is 5. The number of amides is 1. The van der Waals surface area contributed by atoms with Gasteiger partial charge in [0.15, 0.2) is 5.65 Å². The molecular formula is C16H24N6O. The van der Waals surface area contributed by atoms with Crippen molar-refractivity contribution in [2.45, 2.75) is 38.3 Å². The van der Waals surface area contributed by atoms with Crippen LogP contribution in [0.3, 0.4) is 0 Å². The quantitative estimate of drug-likeness (QED) is 0.812. The fourth-order valence-corrected chi connectivity index (χ4v) is 3.17. The van der Waals surface area contributed by atoms with E-state index in [1.807, 2.05) is 12.4 Å². The lowest BCUT2D eigenvalue weighted by Crippen LogP contribution is -2.46. The Kier molecular flexibility index (Phi) is 5.19. The third kappa shape index (κ3) is 3.86. The maximum atomic E-state index is 11.7. The molecule has 0 spiro atoms. The van der Waals surface area contributed by atoms with Crippen molar-refractivity contribution in [1.82, 2.24) is 24.6 Å². The molecule has 0 saturated carbocycles. The lowest BCUT2D eigenvalue weighted by molar-refractivity contribution is -0.121. The van der Waals surface area contributed by atoms with Crippen molar-refractivity contribution in [1.29, 1.82) is 0 Å². The largest absolute Gasteiger partial charge is 0.354 e. The lowest BCUT2D eigenvalue weighted by Gasteiger charge is -2.35. The number of nitrogens with one attached hydrogen (secondary N) is 1. The van der Waals surface area contributed by atoms with Gasteiger partial charge >= 0.3 is 0 Å². The highest BCUT2D eigenvalue weighted by Gasteiger charge is 2.23. The van der Waals surface area contributed by atoms with E-state index in [2.05, 4.69) is 24.6 Å².